The molecule has 0 aromatic heterocycles. The number of halogens is 1. The molecule has 0 aliphatic rings. The first-order valence-electron chi connectivity index (χ1n) is 7.63. The van der Waals surface area contributed by atoms with Gasteiger partial charge in [-0.3, -0.25) is 9.59 Å². The zero-order chi connectivity index (χ0) is 17.7. The largest absolute Gasteiger partial charge is 0.455 e. The van der Waals surface area contributed by atoms with Crippen molar-refractivity contribution >= 4 is 29.2 Å². The molecule has 2 aromatic rings. The van der Waals surface area contributed by atoms with Crippen molar-refractivity contribution in [2.24, 2.45) is 0 Å². The van der Waals surface area contributed by atoms with Crippen LogP contribution in [0.25, 0.3) is 0 Å². The second-order valence-corrected chi connectivity index (χ2v) is 6.20. The summed E-state index contributed by atoms with van der Waals surface area (Å²) in [6.07, 6.45) is 0.147. The van der Waals surface area contributed by atoms with Gasteiger partial charge in [0.15, 0.2) is 6.61 Å². The summed E-state index contributed by atoms with van der Waals surface area (Å²) in [6.45, 7) is 5.53. The molecular weight excluding hydrogens is 326 g/mol. The van der Waals surface area contributed by atoms with E-state index in [1.807, 2.05) is 39.0 Å². The maximum absolute atomic E-state index is 11.9. The summed E-state index contributed by atoms with van der Waals surface area (Å²) < 4.78 is 5.04. The van der Waals surface area contributed by atoms with Gasteiger partial charge in [0, 0.05) is 10.7 Å². The Bertz CT molecular complexity index is 771. The molecule has 1 N–H and O–H groups in total. The molecule has 126 valence electrons. The molecule has 1 amide bonds. The molecule has 24 heavy (non-hydrogen) atoms. The van der Waals surface area contributed by atoms with Crippen molar-refractivity contribution < 1.29 is 14.3 Å². The highest BCUT2D eigenvalue weighted by atomic mass is 35.5. The molecule has 0 bridgehead atoms. The van der Waals surface area contributed by atoms with Crippen molar-refractivity contribution in [1.29, 1.82) is 0 Å². The quantitative estimate of drug-likeness (QED) is 0.833. The van der Waals surface area contributed by atoms with Gasteiger partial charge in [-0.15, -0.1) is 0 Å². The van der Waals surface area contributed by atoms with Crippen LogP contribution in [0.5, 0.6) is 0 Å². The second kappa shape index (κ2) is 7.97. The van der Waals surface area contributed by atoms with Gasteiger partial charge in [-0.2, -0.15) is 0 Å². The van der Waals surface area contributed by atoms with Gasteiger partial charge in [0.2, 0.25) is 0 Å². The number of carbonyl (C=O) groups excluding carboxylic acids is 2. The molecule has 4 nitrogen and oxygen atoms in total. The molecule has 0 saturated heterocycles. The average molecular weight is 346 g/mol. The van der Waals surface area contributed by atoms with E-state index >= 15 is 0 Å². The number of benzene rings is 2. The lowest BCUT2D eigenvalue weighted by molar-refractivity contribution is -0.146. The number of nitrogens with one attached hydrogen (secondary N) is 1. The van der Waals surface area contributed by atoms with Crippen LogP contribution in [0.1, 0.15) is 22.3 Å². The molecule has 0 atom stereocenters. The zero-order valence-corrected chi connectivity index (χ0v) is 14.7. The molecule has 0 aliphatic heterocycles. The van der Waals surface area contributed by atoms with Crippen molar-refractivity contribution in [2.75, 3.05) is 11.9 Å². The van der Waals surface area contributed by atoms with Gasteiger partial charge in [-0.1, -0.05) is 29.8 Å². The third-order valence-electron chi connectivity index (χ3n) is 3.75. The highest BCUT2D eigenvalue weighted by Gasteiger charge is 2.10. The molecule has 0 aliphatic carbocycles. The van der Waals surface area contributed by atoms with Gasteiger partial charge in [-0.05, 0) is 61.2 Å². The lowest BCUT2D eigenvalue weighted by atomic mass is 10.0. The van der Waals surface area contributed by atoms with E-state index < -0.39 is 5.97 Å². The van der Waals surface area contributed by atoms with Gasteiger partial charge < -0.3 is 10.1 Å². The molecule has 0 fully saturated rings. The summed E-state index contributed by atoms with van der Waals surface area (Å²) in [5.41, 5.74) is 4.66. The van der Waals surface area contributed by atoms with Crippen LogP contribution in [0.2, 0.25) is 5.02 Å². The standard InChI is InChI=1S/C19H20ClNO3/c1-12-4-5-15(8-13(12)2)10-19(23)24-11-18(22)21-17-7-6-16(20)9-14(17)3/h4-9H,10-11H2,1-3H3,(H,21,22). The van der Waals surface area contributed by atoms with E-state index in [4.69, 9.17) is 16.3 Å². The lowest BCUT2D eigenvalue weighted by Crippen LogP contribution is -2.22. The van der Waals surface area contributed by atoms with Crippen LogP contribution >= 0.6 is 11.6 Å². The summed E-state index contributed by atoms with van der Waals surface area (Å²) in [4.78, 5) is 23.7. The molecule has 0 saturated carbocycles. The average Bonchev–Trinajstić information content (AvgIpc) is 2.52. The van der Waals surface area contributed by atoms with E-state index in [1.165, 1.54) is 5.56 Å². The van der Waals surface area contributed by atoms with Gasteiger partial charge in [-0.25, -0.2) is 0 Å². The Morgan fingerprint density at radius 3 is 2.42 bits per heavy atom. The van der Waals surface area contributed by atoms with Crippen LogP contribution in [0.4, 0.5) is 5.69 Å². The Hall–Kier alpha value is -2.33. The molecule has 0 unspecified atom stereocenters. The van der Waals surface area contributed by atoms with Crippen molar-refractivity contribution in [2.45, 2.75) is 27.2 Å². The van der Waals surface area contributed by atoms with Gasteiger partial charge in [0.05, 0.1) is 6.42 Å². The number of ether oxygens (including phenoxy) is 1. The molecule has 2 rings (SSSR count). The van der Waals surface area contributed by atoms with Crippen molar-refractivity contribution in [1.82, 2.24) is 0 Å². The second-order valence-electron chi connectivity index (χ2n) is 5.76. The van der Waals surface area contributed by atoms with Gasteiger partial charge >= 0.3 is 5.97 Å². The van der Waals surface area contributed by atoms with E-state index in [9.17, 15) is 9.59 Å². The molecular formula is C19H20ClNO3. The Morgan fingerprint density at radius 2 is 1.75 bits per heavy atom. The summed E-state index contributed by atoms with van der Waals surface area (Å²) >= 11 is 5.87. The number of aryl methyl sites for hydroxylation is 3. The van der Waals surface area contributed by atoms with Crippen LogP contribution < -0.4 is 5.32 Å². The van der Waals surface area contributed by atoms with Gasteiger partial charge in [0.25, 0.3) is 5.91 Å². The third-order valence-corrected chi connectivity index (χ3v) is 3.98. The molecule has 2 aromatic carbocycles. The minimum Gasteiger partial charge on any atom is -0.455 e. The minimum absolute atomic E-state index is 0.147. The number of amides is 1. The molecule has 5 heteroatoms. The van der Waals surface area contributed by atoms with Crippen LogP contribution in [0, 0.1) is 20.8 Å². The normalized spacial score (nSPS) is 10.3. The Morgan fingerprint density at radius 1 is 1.00 bits per heavy atom. The van der Waals surface area contributed by atoms with Crippen molar-refractivity contribution in [3.05, 3.63) is 63.7 Å². The number of hydrogen-bond donors (Lipinski definition) is 1. The first kappa shape index (κ1) is 18.0. The zero-order valence-electron chi connectivity index (χ0n) is 14.0. The predicted octanol–water partition coefficient (Wildman–Crippen LogP) is 3.99. The summed E-state index contributed by atoms with van der Waals surface area (Å²) in [6, 6.07) is 11.0. The van der Waals surface area contributed by atoms with E-state index in [2.05, 4.69) is 5.32 Å². The first-order chi connectivity index (χ1) is 11.3. The summed E-state index contributed by atoms with van der Waals surface area (Å²) in [7, 11) is 0. The molecule has 0 spiro atoms. The van der Waals surface area contributed by atoms with Gasteiger partial charge in [0.1, 0.15) is 0 Å². The first-order valence-corrected chi connectivity index (χ1v) is 8.00. The highest BCUT2D eigenvalue weighted by molar-refractivity contribution is 6.30. The SMILES string of the molecule is Cc1ccc(CC(=O)OCC(=O)Nc2ccc(Cl)cc2C)cc1C. The third kappa shape index (κ3) is 5.10. The fraction of sp³-hybridized carbons (Fsp3) is 0.263. The number of carbonyl (C=O) groups is 2. The van der Waals surface area contributed by atoms with Crippen molar-refractivity contribution in [3.8, 4) is 0 Å². The van der Waals surface area contributed by atoms with E-state index in [-0.39, 0.29) is 18.9 Å². The van der Waals surface area contributed by atoms with E-state index in [1.54, 1.807) is 18.2 Å². The topological polar surface area (TPSA) is 55.4 Å². The van der Waals surface area contributed by atoms with Crippen LogP contribution in [-0.2, 0) is 20.7 Å². The number of hydrogen-bond acceptors (Lipinski definition) is 3. The molecule has 0 heterocycles. The summed E-state index contributed by atoms with van der Waals surface area (Å²) in [5.74, 6) is -0.810. The lowest BCUT2D eigenvalue weighted by Gasteiger charge is -2.09. The Kier molecular flexibility index (Phi) is 5.99. The monoisotopic (exact) mass is 345 g/mol. The number of rotatable bonds is 5. The van der Waals surface area contributed by atoms with Crippen LogP contribution in [-0.4, -0.2) is 18.5 Å². The highest BCUT2D eigenvalue weighted by Crippen LogP contribution is 2.19. The predicted molar refractivity (Wildman–Crippen MR) is 95.4 cm³/mol. The fourth-order valence-corrected chi connectivity index (χ4v) is 2.46. The Balaban J connectivity index is 1.84. The maximum Gasteiger partial charge on any atom is 0.310 e. The Labute approximate surface area is 146 Å². The van der Waals surface area contributed by atoms with Crippen molar-refractivity contribution in [3.63, 3.8) is 0 Å². The number of anilines is 1. The maximum atomic E-state index is 11.9. The van der Waals surface area contributed by atoms with E-state index in [0.717, 1.165) is 16.7 Å². The number of esters is 1. The van der Waals surface area contributed by atoms with Crippen LogP contribution in [0.3, 0.4) is 0 Å². The van der Waals surface area contributed by atoms with E-state index in [0.29, 0.717) is 10.7 Å². The minimum atomic E-state index is -0.429. The smallest absolute Gasteiger partial charge is 0.310 e. The van der Waals surface area contributed by atoms with Crippen LogP contribution in [0.15, 0.2) is 36.4 Å². The summed E-state index contributed by atoms with van der Waals surface area (Å²) in [5, 5.41) is 3.30. The molecule has 0 radical (unpaired) electrons. The fourth-order valence-electron chi connectivity index (χ4n) is 2.23.